The third-order valence-corrected chi connectivity index (χ3v) is 3.65. The molecule has 0 saturated heterocycles. The molecule has 0 aliphatic carbocycles. The summed E-state index contributed by atoms with van der Waals surface area (Å²) in [7, 11) is 0. The molecule has 0 bridgehead atoms. The van der Waals surface area contributed by atoms with Gasteiger partial charge in [-0.2, -0.15) is 0 Å². The Bertz CT molecular complexity index is 664. The summed E-state index contributed by atoms with van der Waals surface area (Å²) >= 11 is 0. The Balaban J connectivity index is 1.79. The van der Waals surface area contributed by atoms with Crippen molar-refractivity contribution >= 4 is 11.6 Å². The van der Waals surface area contributed by atoms with Crippen molar-refractivity contribution in [3.63, 3.8) is 0 Å². The Morgan fingerprint density at radius 1 is 1.25 bits per heavy atom. The van der Waals surface area contributed by atoms with Gasteiger partial charge in [-0.25, -0.2) is 0 Å². The summed E-state index contributed by atoms with van der Waals surface area (Å²) in [5.74, 6) is 0.0188. The molecule has 3 nitrogen and oxygen atoms in total. The van der Waals surface area contributed by atoms with Crippen LogP contribution in [-0.4, -0.2) is 11.0 Å². The number of rotatable bonds is 3. The molecule has 3 rings (SSSR count). The van der Waals surface area contributed by atoms with Crippen LogP contribution >= 0.6 is 0 Å². The normalized spacial score (nSPS) is 14.8. The minimum absolute atomic E-state index is 0.0188. The Morgan fingerprint density at radius 2 is 2.10 bits per heavy atom. The molecule has 0 fully saturated rings. The number of nitrogens with one attached hydrogen (secondary N) is 1. The molecule has 3 heteroatoms. The largest absolute Gasteiger partial charge is 0.388 e. The number of hydrogen-bond acceptors (Lipinski definition) is 2. The summed E-state index contributed by atoms with van der Waals surface area (Å²) in [5.41, 5.74) is 5.00. The van der Waals surface area contributed by atoms with E-state index in [4.69, 9.17) is 0 Å². The van der Waals surface area contributed by atoms with E-state index in [1.165, 1.54) is 5.56 Å². The van der Waals surface area contributed by atoms with Gasteiger partial charge in [0.2, 0.25) is 5.91 Å². The summed E-state index contributed by atoms with van der Waals surface area (Å²) in [4.78, 5) is 11.3. The lowest BCUT2D eigenvalue weighted by atomic mass is 9.98. The van der Waals surface area contributed by atoms with Crippen LogP contribution in [0.25, 0.3) is 0 Å². The van der Waals surface area contributed by atoms with Crippen LogP contribution in [0.15, 0.2) is 42.5 Å². The summed E-state index contributed by atoms with van der Waals surface area (Å²) in [5, 5.41) is 13.2. The quantitative estimate of drug-likeness (QED) is 0.898. The zero-order valence-electron chi connectivity index (χ0n) is 11.4. The molecule has 1 heterocycles. The Labute approximate surface area is 118 Å². The molecule has 1 amide bonds. The standard InChI is InChI=1S/C17H17NO2/c1-11-3-2-4-12(7-11)8-16(19)13-5-6-15-14(9-13)10-17(20)18-15/h2-7,9,16,19H,8,10H2,1H3,(H,18,20). The fourth-order valence-electron chi connectivity index (χ4n) is 2.64. The third-order valence-electron chi connectivity index (χ3n) is 3.65. The van der Waals surface area contributed by atoms with Crippen molar-refractivity contribution in [3.05, 3.63) is 64.7 Å². The van der Waals surface area contributed by atoms with Crippen molar-refractivity contribution in [2.75, 3.05) is 5.32 Å². The van der Waals surface area contributed by atoms with E-state index in [1.54, 1.807) is 0 Å². The van der Waals surface area contributed by atoms with Crippen molar-refractivity contribution in [2.24, 2.45) is 0 Å². The van der Waals surface area contributed by atoms with Gasteiger partial charge in [-0.3, -0.25) is 4.79 Å². The van der Waals surface area contributed by atoms with E-state index in [-0.39, 0.29) is 5.91 Å². The predicted molar refractivity (Wildman–Crippen MR) is 78.6 cm³/mol. The van der Waals surface area contributed by atoms with E-state index in [9.17, 15) is 9.90 Å². The minimum atomic E-state index is -0.544. The molecule has 0 aromatic heterocycles. The molecule has 2 aromatic rings. The van der Waals surface area contributed by atoms with Crippen LogP contribution in [0.1, 0.15) is 28.4 Å². The van der Waals surface area contributed by atoms with Crippen molar-refractivity contribution in [3.8, 4) is 0 Å². The predicted octanol–water partition coefficient (Wildman–Crippen LogP) is 2.77. The van der Waals surface area contributed by atoms with Gasteiger partial charge in [-0.15, -0.1) is 0 Å². The second-order valence-electron chi connectivity index (χ2n) is 5.35. The molecule has 0 spiro atoms. The first-order valence-corrected chi connectivity index (χ1v) is 6.78. The number of benzene rings is 2. The van der Waals surface area contributed by atoms with Crippen LogP contribution < -0.4 is 5.32 Å². The van der Waals surface area contributed by atoms with Gasteiger partial charge in [0.15, 0.2) is 0 Å². The lowest BCUT2D eigenvalue weighted by Crippen LogP contribution is -2.03. The minimum Gasteiger partial charge on any atom is -0.388 e. The smallest absolute Gasteiger partial charge is 0.228 e. The van der Waals surface area contributed by atoms with E-state index >= 15 is 0 Å². The van der Waals surface area contributed by atoms with E-state index < -0.39 is 6.10 Å². The lowest BCUT2D eigenvalue weighted by molar-refractivity contribution is -0.115. The summed E-state index contributed by atoms with van der Waals surface area (Å²) in [6.45, 7) is 2.04. The number of aliphatic hydroxyl groups excluding tert-OH is 1. The highest BCUT2D eigenvalue weighted by molar-refractivity contribution is 5.99. The highest BCUT2D eigenvalue weighted by atomic mass is 16.3. The van der Waals surface area contributed by atoms with Crippen LogP contribution in [0.3, 0.4) is 0 Å². The fourth-order valence-corrected chi connectivity index (χ4v) is 2.64. The first-order valence-electron chi connectivity index (χ1n) is 6.78. The molecule has 0 saturated carbocycles. The van der Waals surface area contributed by atoms with Crippen LogP contribution in [0.2, 0.25) is 0 Å². The molecule has 1 unspecified atom stereocenters. The van der Waals surface area contributed by atoms with E-state index in [2.05, 4.69) is 11.4 Å². The average molecular weight is 267 g/mol. The van der Waals surface area contributed by atoms with E-state index in [0.29, 0.717) is 12.8 Å². The Hall–Kier alpha value is -2.13. The topological polar surface area (TPSA) is 49.3 Å². The van der Waals surface area contributed by atoms with Crippen molar-refractivity contribution in [1.82, 2.24) is 0 Å². The van der Waals surface area contributed by atoms with E-state index in [0.717, 1.165) is 22.4 Å². The fraction of sp³-hybridized carbons (Fsp3) is 0.235. The van der Waals surface area contributed by atoms with Gasteiger partial charge in [0.25, 0.3) is 0 Å². The van der Waals surface area contributed by atoms with Gasteiger partial charge in [0, 0.05) is 12.1 Å². The van der Waals surface area contributed by atoms with Crippen molar-refractivity contribution in [1.29, 1.82) is 0 Å². The van der Waals surface area contributed by atoms with Crippen molar-refractivity contribution in [2.45, 2.75) is 25.9 Å². The number of hydrogen-bond donors (Lipinski definition) is 2. The molecular formula is C17H17NO2. The van der Waals surface area contributed by atoms with Crippen molar-refractivity contribution < 1.29 is 9.90 Å². The van der Waals surface area contributed by atoms with Gasteiger partial charge < -0.3 is 10.4 Å². The molecule has 1 aliphatic rings. The number of carbonyl (C=O) groups excluding carboxylic acids is 1. The first kappa shape index (κ1) is 12.9. The van der Waals surface area contributed by atoms with Crippen LogP contribution in [0, 0.1) is 6.92 Å². The second kappa shape index (κ2) is 5.10. The van der Waals surface area contributed by atoms with Gasteiger partial charge in [0.05, 0.1) is 12.5 Å². The zero-order chi connectivity index (χ0) is 14.1. The van der Waals surface area contributed by atoms with Gasteiger partial charge in [0.1, 0.15) is 0 Å². The molecule has 2 N–H and O–H groups in total. The van der Waals surface area contributed by atoms with Gasteiger partial charge in [-0.05, 0) is 29.7 Å². The number of anilines is 1. The molecule has 0 radical (unpaired) electrons. The van der Waals surface area contributed by atoms with Crippen LogP contribution in [-0.2, 0) is 17.6 Å². The monoisotopic (exact) mass is 267 g/mol. The lowest BCUT2D eigenvalue weighted by Gasteiger charge is -2.13. The molecule has 1 atom stereocenters. The SMILES string of the molecule is Cc1cccc(CC(O)c2ccc3c(c2)CC(=O)N3)c1. The van der Waals surface area contributed by atoms with Crippen LogP contribution in [0.5, 0.6) is 0 Å². The van der Waals surface area contributed by atoms with Gasteiger partial charge in [-0.1, -0.05) is 42.0 Å². The third kappa shape index (κ3) is 2.58. The first-order chi connectivity index (χ1) is 9.61. The molecule has 2 aromatic carbocycles. The summed E-state index contributed by atoms with van der Waals surface area (Å²) in [6, 6.07) is 13.8. The average Bonchev–Trinajstić information content (AvgIpc) is 2.77. The second-order valence-corrected chi connectivity index (χ2v) is 5.35. The number of amides is 1. The summed E-state index contributed by atoms with van der Waals surface area (Å²) in [6.07, 6.45) is 0.445. The van der Waals surface area contributed by atoms with E-state index in [1.807, 2.05) is 43.3 Å². The molecule has 1 aliphatic heterocycles. The Morgan fingerprint density at radius 3 is 2.90 bits per heavy atom. The number of aliphatic hydroxyl groups is 1. The maximum absolute atomic E-state index is 11.3. The number of carbonyl (C=O) groups is 1. The molecule has 102 valence electrons. The molecule has 20 heavy (non-hydrogen) atoms. The number of fused-ring (bicyclic) bond motifs is 1. The van der Waals surface area contributed by atoms with Crippen LogP contribution in [0.4, 0.5) is 5.69 Å². The maximum Gasteiger partial charge on any atom is 0.228 e. The maximum atomic E-state index is 11.3. The highest BCUT2D eigenvalue weighted by Crippen LogP contribution is 2.27. The molecular weight excluding hydrogens is 250 g/mol. The summed E-state index contributed by atoms with van der Waals surface area (Å²) < 4.78 is 0. The zero-order valence-corrected chi connectivity index (χ0v) is 11.4. The van der Waals surface area contributed by atoms with Gasteiger partial charge >= 0.3 is 0 Å². The number of aryl methyl sites for hydroxylation is 1. The Kier molecular flexibility index (Phi) is 3.28. The highest BCUT2D eigenvalue weighted by Gasteiger charge is 2.19.